The van der Waals surface area contributed by atoms with E-state index in [1.54, 1.807) is 42.7 Å². The fourth-order valence-electron chi connectivity index (χ4n) is 3.90. The molecule has 0 radical (unpaired) electrons. The van der Waals surface area contributed by atoms with Crippen LogP contribution in [0.15, 0.2) is 47.1 Å². The van der Waals surface area contributed by atoms with Crippen LogP contribution in [0, 0.1) is 0 Å². The van der Waals surface area contributed by atoms with E-state index in [1.165, 1.54) is 0 Å². The summed E-state index contributed by atoms with van der Waals surface area (Å²) >= 11 is 0. The standard InChI is InChI=1S/C20H23N5O4S/c21-18-17-15(24-30(27,28)25-18)5-4-6-16(17)29-13-20(9-2-1-3-10-20)23-19(26)14-7-11-22-12-8-14/h4-8,11-12,24H,1-3,9-10,13H2,(H2,21,25)(H,23,26). The van der Waals surface area contributed by atoms with Gasteiger partial charge in [0.1, 0.15) is 12.4 Å². The van der Waals surface area contributed by atoms with Crippen molar-refractivity contribution < 1.29 is 17.9 Å². The van der Waals surface area contributed by atoms with Crippen molar-refractivity contribution >= 4 is 27.6 Å². The molecule has 9 nitrogen and oxygen atoms in total. The molecule has 2 aromatic rings. The fraction of sp³-hybridized carbons (Fsp3) is 0.350. The zero-order chi connectivity index (χ0) is 21.2. The Balaban J connectivity index is 1.57. The topological polar surface area (TPSA) is 136 Å². The predicted octanol–water partition coefficient (Wildman–Crippen LogP) is 1.97. The lowest BCUT2D eigenvalue weighted by atomic mass is 9.82. The van der Waals surface area contributed by atoms with Gasteiger partial charge in [-0.05, 0) is 37.1 Å². The van der Waals surface area contributed by atoms with Gasteiger partial charge in [-0.25, -0.2) is 0 Å². The molecule has 0 unspecified atom stereocenters. The summed E-state index contributed by atoms with van der Waals surface area (Å²) < 4.78 is 35.5. The lowest BCUT2D eigenvalue weighted by Gasteiger charge is -2.38. The van der Waals surface area contributed by atoms with Gasteiger partial charge in [0, 0.05) is 18.0 Å². The van der Waals surface area contributed by atoms with Crippen molar-refractivity contribution in [1.82, 2.24) is 10.3 Å². The monoisotopic (exact) mass is 429 g/mol. The average molecular weight is 430 g/mol. The van der Waals surface area contributed by atoms with Gasteiger partial charge in [0.15, 0.2) is 5.84 Å². The van der Waals surface area contributed by atoms with E-state index in [1.807, 2.05) is 0 Å². The number of nitrogens with one attached hydrogen (secondary N) is 2. The van der Waals surface area contributed by atoms with Gasteiger partial charge in [0.2, 0.25) is 0 Å². The van der Waals surface area contributed by atoms with Crippen LogP contribution in [-0.2, 0) is 10.2 Å². The third-order valence-electron chi connectivity index (χ3n) is 5.38. The molecule has 2 heterocycles. The highest BCUT2D eigenvalue weighted by molar-refractivity contribution is 7.91. The van der Waals surface area contributed by atoms with E-state index in [2.05, 4.69) is 19.4 Å². The highest BCUT2D eigenvalue weighted by Gasteiger charge is 2.35. The molecule has 2 aliphatic rings. The minimum absolute atomic E-state index is 0.127. The number of ether oxygens (including phenoxy) is 1. The quantitative estimate of drug-likeness (QED) is 0.665. The molecule has 0 spiro atoms. The van der Waals surface area contributed by atoms with Gasteiger partial charge >= 0.3 is 10.2 Å². The molecule has 10 heteroatoms. The fourth-order valence-corrected chi connectivity index (χ4v) is 4.75. The van der Waals surface area contributed by atoms with Gasteiger partial charge in [0.25, 0.3) is 5.91 Å². The second kappa shape index (κ2) is 7.94. The smallest absolute Gasteiger partial charge is 0.344 e. The van der Waals surface area contributed by atoms with E-state index in [0.29, 0.717) is 22.6 Å². The summed E-state index contributed by atoms with van der Waals surface area (Å²) in [6, 6.07) is 8.33. The number of hydrogen-bond donors (Lipinski definition) is 3. The third-order valence-corrected chi connectivity index (χ3v) is 6.29. The third kappa shape index (κ3) is 4.23. The summed E-state index contributed by atoms with van der Waals surface area (Å²) in [5.41, 5.74) is 6.63. The van der Waals surface area contributed by atoms with Gasteiger partial charge in [0.05, 0.1) is 16.8 Å². The first-order valence-corrected chi connectivity index (χ1v) is 11.2. The maximum atomic E-state index is 12.8. The van der Waals surface area contributed by atoms with Crippen molar-refractivity contribution in [2.75, 3.05) is 11.3 Å². The number of carbonyl (C=O) groups excluding carboxylic acids is 1. The van der Waals surface area contributed by atoms with Crippen LogP contribution in [-0.4, -0.2) is 37.3 Å². The molecule has 4 rings (SSSR count). The number of rotatable bonds is 5. The first-order valence-electron chi connectivity index (χ1n) is 9.74. The van der Waals surface area contributed by atoms with Gasteiger partial charge in [-0.1, -0.05) is 25.3 Å². The van der Waals surface area contributed by atoms with E-state index in [9.17, 15) is 13.2 Å². The largest absolute Gasteiger partial charge is 0.490 e. The molecular formula is C20H23N5O4S. The second-order valence-electron chi connectivity index (χ2n) is 7.55. The van der Waals surface area contributed by atoms with Crippen LogP contribution in [0.2, 0.25) is 0 Å². The number of pyridine rings is 1. The summed E-state index contributed by atoms with van der Waals surface area (Å²) in [6.07, 6.45) is 7.81. The average Bonchev–Trinajstić information content (AvgIpc) is 2.72. The van der Waals surface area contributed by atoms with Gasteiger partial charge < -0.3 is 15.8 Å². The van der Waals surface area contributed by atoms with Crippen LogP contribution in [0.3, 0.4) is 0 Å². The van der Waals surface area contributed by atoms with Crippen LogP contribution in [0.4, 0.5) is 5.69 Å². The Morgan fingerprint density at radius 1 is 1.17 bits per heavy atom. The number of amides is 1. The van der Waals surface area contributed by atoms with Crippen LogP contribution < -0.4 is 20.5 Å². The maximum Gasteiger partial charge on any atom is 0.344 e. The number of fused-ring (bicyclic) bond motifs is 1. The van der Waals surface area contributed by atoms with Gasteiger partial charge in [-0.3, -0.25) is 14.5 Å². The summed E-state index contributed by atoms with van der Waals surface area (Å²) in [5, 5.41) is 3.16. The maximum absolute atomic E-state index is 12.8. The second-order valence-corrected chi connectivity index (χ2v) is 8.89. The van der Waals surface area contributed by atoms with E-state index >= 15 is 0 Å². The molecule has 1 saturated carbocycles. The van der Waals surface area contributed by atoms with Gasteiger partial charge in [-0.15, -0.1) is 4.40 Å². The number of nitrogens with zero attached hydrogens (tertiary/aromatic N) is 2. The molecule has 1 aliphatic heterocycles. The number of nitrogens with two attached hydrogens (primary N) is 1. The zero-order valence-corrected chi connectivity index (χ0v) is 17.1. The number of benzene rings is 1. The van der Waals surface area contributed by atoms with Gasteiger partial charge in [-0.2, -0.15) is 8.42 Å². The minimum Gasteiger partial charge on any atom is -0.490 e. The van der Waals surface area contributed by atoms with Crippen molar-refractivity contribution in [3.8, 4) is 5.75 Å². The van der Waals surface area contributed by atoms with Crippen LogP contribution >= 0.6 is 0 Å². The van der Waals surface area contributed by atoms with E-state index in [-0.39, 0.29) is 18.3 Å². The molecule has 1 amide bonds. The van der Waals surface area contributed by atoms with Crippen molar-refractivity contribution in [1.29, 1.82) is 0 Å². The minimum atomic E-state index is -3.86. The van der Waals surface area contributed by atoms with Crippen molar-refractivity contribution in [3.05, 3.63) is 53.9 Å². The first kappa shape index (κ1) is 20.1. The number of amidine groups is 1. The normalized spacial score (nSPS) is 19.0. The Hall–Kier alpha value is -3.14. The Kier molecular flexibility index (Phi) is 5.33. The molecular weight excluding hydrogens is 406 g/mol. The first-order chi connectivity index (χ1) is 14.4. The molecule has 1 fully saturated rings. The molecule has 1 aliphatic carbocycles. The van der Waals surface area contributed by atoms with E-state index < -0.39 is 15.7 Å². The van der Waals surface area contributed by atoms with Crippen LogP contribution in [0.5, 0.6) is 5.75 Å². The Bertz CT molecular complexity index is 1080. The number of carbonyl (C=O) groups is 1. The number of anilines is 1. The highest BCUT2D eigenvalue weighted by atomic mass is 32.2. The molecule has 0 saturated heterocycles. The molecule has 1 aromatic heterocycles. The molecule has 0 bridgehead atoms. The van der Waals surface area contributed by atoms with Crippen LogP contribution in [0.1, 0.15) is 48.0 Å². The Morgan fingerprint density at radius 3 is 2.63 bits per heavy atom. The summed E-state index contributed by atoms with van der Waals surface area (Å²) in [5.74, 6) is 0.115. The van der Waals surface area contributed by atoms with Crippen molar-refractivity contribution in [2.24, 2.45) is 10.1 Å². The number of hydrogen-bond acceptors (Lipinski definition) is 6. The van der Waals surface area contributed by atoms with E-state index in [4.69, 9.17) is 10.5 Å². The van der Waals surface area contributed by atoms with Crippen molar-refractivity contribution in [2.45, 2.75) is 37.6 Å². The predicted molar refractivity (Wildman–Crippen MR) is 113 cm³/mol. The SMILES string of the molecule is NC1=NS(=O)(=O)Nc2cccc(OCC3(NC(=O)c4ccncc4)CCCCC3)c21. The van der Waals surface area contributed by atoms with E-state index in [0.717, 1.165) is 32.1 Å². The van der Waals surface area contributed by atoms with Crippen LogP contribution in [0.25, 0.3) is 0 Å². The lowest BCUT2D eigenvalue weighted by molar-refractivity contribution is 0.0789. The molecule has 4 N–H and O–H groups in total. The molecule has 0 atom stereocenters. The summed E-state index contributed by atoms with van der Waals surface area (Å²) in [6.45, 7) is 0.236. The highest BCUT2D eigenvalue weighted by Crippen LogP contribution is 2.33. The zero-order valence-electron chi connectivity index (χ0n) is 16.3. The Labute approximate surface area is 174 Å². The Morgan fingerprint density at radius 2 is 1.90 bits per heavy atom. The molecule has 1 aromatic carbocycles. The lowest BCUT2D eigenvalue weighted by Crippen LogP contribution is -2.54. The summed E-state index contributed by atoms with van der Waals surface area (Å²) in [7, 11) is -3.86. The summed E-state index contributed by atoms with van der Waals surface area (Å²) in [4.78, 5) is 16.7. The molecule has 30 heavy (non-hydrogen) atoms. The van der Waals surface area contributed by atoms with Crippen molar-refractivity contribution in [3.63, 3.8) is 0 Å². The number of aromatic nitrogens is 1. The molecule has 158 valence electrons.